The zero-order chi connectivity index (χ0) is 13.5. The van der Waals surface area contributed by atoms with Gasteiger partial charge in [-0.2, -0.15) is 0 Å². The van der Waals surface area contributed by atoms with Crippen molar-refractivity contribution in [2.45, 2.75) is 20.8 Å². The SMILES string of the molecule is CC=Cc1ccc(OCC(=O)C(C)C)c(OC)c1. The molecular formula is C15H20O3. The Morgan fingerprint density at radius 2 is 2.06 bits per heavy atom. The van der Waals surface area contributed by atoms with Gasteiger partial charge in [0.15, 0.2) is 17.3 Å². The normalized spacial score (nSPS) is 10.9. The minimum Gasteiger partial charge on any atom is -0.493 e. The van der Waals surface area contributed by atoms with Crippen LogP contribution in [0.4, 0.5) is 0 Å². The molecule has 0 heterocycles. The molecular weight excluding hydrogens is 228 g/mol. The molecule has 0 aliphatic carbocycles. The predicted octanol–water partition coefficient (Wildman–Crippen LogP) is 3.33. The van der Waals surface area contributed by atoms with Crippen LogP contribution in [0.15, 0.2) is 24.3 Å². The number of rotatable bonds is 6. The predicted molar refractivity (Wildman–Crippen MR) is 73.0 cm³/mol. The highest BCUT2D eigenvalue weighted by molar-refractivity contribution is 5.81. The van der Waals surface area contributed by atoms with E-state index < -0.39 is 0 Å². The molecule has 1 aromatic carbocycles. The Morgan fingerprint density at radius 3 is 2.61 bits per heavy atom. The molecule has 0 radical (unpaired) electrons. The Morgan fingerprint density at radius 1 is 1.33 bits per heavy atom. The zero-order valence-electron chi connectivity index (χ0n) is 11.4. The average molecular weight is 248 g/mol. The molecule has 0 saturated heterocycles. The maximum absolute atomic E-state index is 11.5. The summed E-state index contributed by atoms with van der Waals surface area (Å²) in [6, 6.07) is 5.63. The molecule has 0 aromatic heterocycles. The second-order valence-corrected chi connectivity index (χ2v) is 4.32. The van der Waals surface area contributed by atoms with Gasteiger partial charge in [-0.1, -0.05) is 32.1 Å². The lowest BCUT2D eigenvalue weighted by Gasteiger charge is -2.11. The van der Waals surface area contributed by atoms with Crippen LogP contribution in [0.5, 0.6) is 11.5 Å². The summed E-state index contributed by atoms with van der Waals surface area (Å²) in [6.45, 7) is 5.76. The largest absolute Gasteiger partial charge is 0.493 e. The standard InChI is InChI=1S/C15H20O3/c1-5-6-12-7-8-14(15(9-12)17-4)18-10-13(16)11(2)3/h5-9,11H,10H2,1-4H3. The van der Waals surface area contributed by atoms with Crippen LogP contribution in [0.3, 0.4) is 0 Å². The number of methoxy groups -OCH3 is 1. The van der Waals surface area contributed by atoms with Crippen LogP contribution < -0.4 is 9.47 Å². The molecule has 0 aliphatic rings. The first-order valence-corrected chi connectivity index (χ1v) is 6.04. The van der Waals surface area contributed by atoms with Crippen LogP contribution in [0.2, 0.25) is 0 Å². The van der Waals surface area contributed by atoms with Crippen molar-refractivity contribution in [3.63, 3.8) is 0 Å². The number of ether oxygens (including phenoxy) is 2. The molecule has 1 aromatic rings. The number of carbonyl (C=O) groups is 1. The summed E-state index contributed by atoms with van der Waals surface area (Å²) in [7, 11) is 1.59. The van der Waals surface area contributed by atoms with E-state index in [2.05, 4.69) is 0 Å². The van der Waals surface area contributed by atoms with Gasteiger partial charge in [-0.3, -0.25) is 4.79 Å². The molecule has 0 spiro atoms. The van der Waals surface area contributed by atoms with Gasteiger partial charge in [-0.25, -0.2) is 0 Å². The summed E-state index contributed by atoms with van der Waals surface area (Å²) in [5, 5.41) is 0. The first-order chi connectivity index (χ1) is 8.58. The number of ketones is 1. The highest BCUT2D eigenvalue weighted by atomic mass is 16.5. The van der Waals surface area contributed by atoms with Crippen molar-refractivity contribution in [2.75, 3.05) is 13.7 Å². The maximum Gasteiger partial charge on any atom is 0.172 e. The van der Waals surface area contributed by atoms with Gasteiger partial charge in [0.2, 0.25) is 0 Å². The molecule has 0 amide bonds. The minimum atomic E-state index is -0.0155. The first kappa shape index (κ1) is 14.3. The van der Waals surface area contributed by atoms with Gasteiger partial charge in [-0.15, -0.1) is 0 Å². The van der Waals surface area contributed by atoms with Crippen molar-refractivity contribution in [3.05, 3.63) is 29.8 Å². The maximum atomic E-state index is 11.5. The highest BCUT2D eigenvalue weighted by Crippen LogP contribution is 2.28. The summed E-state index contributed by atoms with van der Waals surface area (Å²) >= 11 is 0. The van der Waals surface area contributed by atoms with Crippen molar-refractivity contribution in [1.82, 2.24) is 0 Å². The van der Waals surface area contributed by atoms with Crippen LogP contribution in [-0.4, -0.2) is 19.5 Å². The van der Waals surface area contributed by atoms with Gasteiger partial charge in [0.05, 0.1) is 7.11 Å². The van der Waals surface area contributed by atoms with E-state index in [-0.39, 0.29) is 18.3 Å². The third-order valence-electron chi connectivity index (χ3n) is 2.56. The number of allylic oxidation sites excluding steroid dienone is 1. The Hall–Kier alpha value is -1.77. The minimum absolute atomic E-state index is 0.0155. The molecule has 0 unspecified atom stereocenters. The van der Waals surface area contributed by atoms with Crippen LogP contribution in [0.1, 0.15) is 26.3 Å². The lowest BCUT2D eigenvalue weighted by atomic mass is 10.1. The van der Waals surface area contributed by atoms with E-state index in [0.717, 1.165) is 5.56 Å². The second kappa shape index (κ2) is 6.84. The van der Waals surface area contributed by atoms with E-state index in [4.69, 9.17) is 9.47 Å². The number of hydrogen-bond acceptors (Lipinski definition) is 3. The lowest BCUT2D eigenvalue weighted by molar-refractivity contribution is -0.123. The Balaban J connectivity index is 2.79. The molecule has 3 heteroatoms. The van der Waals surface area contributed by atoms with E-state index >= 15 is 0 Å². The Labute approximate surface area is 108 Å². The summed E-state index contributed by atoms with van der Waals surface area (Å²) < 4.78 is 10.7. The molecule has 0 fully saturated rings. The molecule has 18 heavy (non-hydrogen) atoms. The van der Waals surface area contributed by atoms with E-state index in [9.17, 15) is 4.79 Å². The molecule has 0 N–H and O–H groups in total. The van der Waals surface area contributed by atoms with Gasteiger partial charge in [0, 0.05) is 5.92 Å². The molecule has 98 valence electrons. The van der Waals surface area contributed by atoms with Crippen molar-refractivity contribution in [3.8, 4) is 11.5 Å². The molecule has 0 saturated carbocycles. The highest BCUT2D eigenvalue weighted by Gasteiger charge is 2.10. The van der Waals surface area contributed by atoms with Crippen LogP contribution in [0.25, 0.3) is 6.08 Å². The first-order valence-electron chi connectivity index (χ1n) is 6.04. The molecule has 3 nitrogen and oxygen atoms in total. The van der Waals surface area contributed by atoms with Crippen LogP contribution in [-0.2, 0) is 4.79 Å². The monoisotopic (exact) mass is 248 g/mol. The van der Waals surface area contributed by atoms with Crippen molar-refractivity contribution < 1.29 is 14.3 Å². The van der Waals surface area contributed by atoms with Crippen LogP contribution in [0, 0.1) is 5.92 Å². The fourth-order valence-electron chi connectivity index (χ4n) is 1.42. The second-order valence-electron chi connectivity index (χ2n) is 4.32. The quantitative estimate of drug-likeness (QED) is 0.774. The van der Waals surface area contributed by atoms with Crippen molar-refractivity contribution in [2.24, 2.45) is 5.92 Å². The lowest BCUT2D eigenvalue weighted by Crippen LogP contribution is -2.17. The molecule has 0 aliphatic heterocycles. The summed E-state index contributed by atoms with van der Waals surface area (Å²) in [4.78, 5) is 11.5. The fourth-order valence-corrected chi connectivity index (χ4v) is 1.42. The van der Waals surface area contributed by atoms with Crippen molar-refractivity contribution >= 4 is 11.9 Å². The zero-order valence-corrected chi connectivity index (χ0v) is 11.4. The number of hydrogen-bond donors (Lipinski definition) is 0. The number of benzene rings is 1. The van der Waals surface area contributed by atoms with Gasteiger partial charge in [0.25, 0.3) is 0 Å². The topological polar surface area (TPSA) is 35.5 Å². The van der Waals surface area contributed by atoms with Crippen LogP contribution >= 0.6 is 0 Å². The summed E-state index contributed by atoms with van der Waals surface area (Å²) in [6.07, 6.45) is 3.93. The molecule has 0 atom stereocenters. The third-order valence-corrected chi connectivity index (χ3v) is 2.56. The van der Waals surface area contributed by atoms with Gasteiger partial charge in [-0.05, 0) is 24.6 Å². The third kappa shape index (κ3) is 3.91. The molecule has 1 rings (SSSR count). The van der Waals surface area contributed by atoms with Gasteiger partial charge >= 0.3 is 0 Å². The fraction of sp³-hybridized carbons (Fsp3) is 0.400. The van der Waals surface area contributed by atoms with E-state index in [1.165, 1.54) is 0 Å². The van der Waals surface area contributed by atoms with E-state index in [1.807, 2.05) is 51.1 Å². The van der Waals surface area contributed by atoms with Gasteiger partial charge < -0.3 is 9.47 Å². The number of carbonyl (C=O) groups excluding carboxylic acids is 1. The summed E-state index contributed by atoms with van der Waals surface area (Å²) in [5.74, 6) is 1.30. The summed E-state index contributed by atoms with van der Waals surface area (Å²) in [5.41, 5.74) is 1.04. The Kier molecular flexibility index (Phi) is 5.43. The van der Waals surface area contributed by atoms with Gasteiger partial charge in [0.1, 0.15) is 6.61 Å². The number of Topliss-reactive ketones (excluding diaryl/α,β-unsaturated/α-hetero) is 1. The van der Waals surface area contributed by atoms with E-state index in [0.29, 0.717) is 11.5 Å². The Bertz CT molecular complexity index is 433. The molecule has 0 bridgehead atoms. The van der Waals surface area contributed by atoms with E-state index in [1.54, 1.807) is 7.11 Å². The van der Waals surface area contributed by atoms with Crippen molar-refractivity contribution in [1.29, 1.82) is 0 Å². The average Bonchev–Trinajstić information content (AvgIpc) is 2.36. The smallest absolute Gasteiger partial charge is 0.172 e.